The van der Waals surface area contributed by atoms with Gasteiger partial charge in [0.25, 0.3) is 5.91 Å². The SMILES string of the molecule is O=C1COc2ccc(cc2)CC(C(=O)O)NC(=O)C(CCc2ccccc2)NC(=O)C(Cc2ccc(-c3ccccc3)cc2)NC(=O)C(CCCc2ccccc2)N1. The van der Waals surface area contributed by atoms with Crippen molar-refractivity contribution in [2.45, 2.75) is 69.1 Å². The van der Waals surface area contributed by atoms with Crippen LogP contribution in [0.5, 0.6) is 5.75 Å². The molecule has 7 rings (SSSR count). The van der Waals surface area contributed by atoms with Crippen molar-refractivity contribution >= 4 is 29.6 Å². The van der Waals surface area contributed by atoms with E-state index in [4.69, 9.17) is 4.74 Å². The molecule has 0 saturated heterocycles. The fourth-order valence-electron chi connectivity index (χ4n) is 6.92. The van der Waals surface area contributed by atoms with Crippen LogP contribution in [0.1, 0.15) is 41.5 Å². The van der Waals surface area contributed by atoms with Crippen LogP contribution in [-0.4, -0.2) is 65.5 Å². The third-order valence-electron chi connectivity index (χ3n) is 10.1. The molecule has 2 heterocycles. The second-order valence-corrected chi connectivity index (χ2v) is 14.4. The molecule has 0 saturated carbocycles. The lowest BCUT2D eigenvalue weighted by Crippen LogP contribution is -2.58. The number of fused-ring (bicyclic) bond motifs is 16. The van der Waals surface area contributed by atoms with Crippen LogP contribution in [0.3, 0.4) is 0 Å². The van der Waals surface area contributed by atoms with Crippen molar-refractivity contribution in [3.63, 3.8) is 0 Å². The quantitative estimate of drug-likeness (QED) is 0.115. The second-order valence-electron chi connectivity index (χ2n) is 14.4. The van der Waals surface area contributed by atoms with Crippen LogP contribution in [0.4, 0.5) is 0 Å². The molecule has 2 aliphatic heterocycles. The number of amides is 4. The van der Waals surface area contributed by atoms with Gasteiger partial charge in [-0.1, -0.05) is 127 Å². The molecule has 58 heavy (non-hydrogen) atoms. The summed E-state index contributed by atoms with van der Waals surface area (Å²) >= 11 is 0. The van der Waals surface area contributed by atoms with Crippen LogP contribution in [0.2, 0.25) is 0 Å². The Bertz CT molecular complexity index is 2130. The highest BCUT2D eigenvalue weighted by Crippen LogP contribution is 2.21. The summed E-state index contributed by atoms with van der Waals surface area (Å²) in [5, 5.41) is 21.3. The van der Waals surface area contributed by atoms with E-state index in [9.17, 15) is 29.1 Å². The first kappa shape index (κ1) is 40.9. The number of carboxylic acid groups (broad SMARTS) is 1. The molecule has 0 fully saturated rings. The normalized spacial score (nSPS) is 19.2. The molecule has 0 spiro atoms. The minimum absolute atomic E-state index is 0.0382. The van der Waals surface area contributed by atoms with Gasteiger partial charge in [0.05, 0.1) is 0 Å². The van der Waals surface area contributed by atoms with Crippen LogP contribution < -0.4 is 26.0 Å². The van der Waals surface area contributed by atoms with Gasteiger partial charge in [0.1, 0.15) is 29.9 Å². The van der Waals surface area contributed by atoms with Crippen molar-refractivity contribution in [1.82, 2.24) is 21.3 Å². The number of hydrogen-bond acceptors (Lipinski definition) is 6. The van der Waals surface area contributed by atoms with E-state index in [1.54, 1.807) is 24.3 Å². The summed E-state index contributed by atoms with van der Waals surface area (Å²) in [4.78, 5) is 68.3. The smallest absolute Gasteiger partial charge is 0.326 e. The minimum Gasteiger partial charge on any atom is -0.484 e. The first-order chi connectivity index (χ1) is 28.2. The molecule has 11 nitrogen and oxygen atoms in total. The summed E-state index contributed by atoms with van der Waals surface area (Å²) in [5.74, 6) is -3.27. The zero-order valence-corrected chi connectivity index (χ0v) is 32.1. The fraction of sp³-hybridized carbons (Fsp3) is 0.255. The lowest BCUT2D eigenvalue weighted by molar-refractivity contribution is -0.142. The molecular weight excluding hydrogens is 733 g/mol. The fourth-order valence-corrected chi connectivity index (χ4v) is 6.92. The van der Waals surface area contributed by atoms with Crippen molar-refractivity contribution in [1.29, 1.82) is 0 Å². The van der Waals surface area contributed by atoms with Crippen molar-refractivity contribution in [3.05, 3.63) is 162 Å². The molecule has 4 unspecified atom stereocenters. The first-order valence-corrected chi connectivity index (χ1v) is 19.6. The van der Waals surface area contributed by atoms with E-state index in [2.05, 4.69) is 21.3 Å². The van der Waals surface area contributed by atoms with Gasteiger partial charge < -0.3 is 31.1 Å². The number of aryl methyl sites for hydroxylation is 2. The maximum absolute atomic E-state index is 14.4. The number of carbonyl (C=O) groups is 5. The van der Waals surface area contributed by atoms with E-state index in [1.807, 2.05) is 115 Å². The van der Waals surface area contributed by atoms with Gasteiger partial charge in [-0.2, -0.15) is 0 Å². The molecule has 298 valence electrons. The number of ether oxygens (including phenoxy) is 1. The van der Waals surface area contributed by atoms with E-state index in [1.165, 1.54) is 0 Å². The molecule has 0 radical (unpaired) electrons. The average molecular weight is 781 g/mol. The molecule has 4 amide bonds. The summed E-state index contributed by atoms with van der Waals surface area (Å²) in [7, 11) is 0. The highest BCUT2D eigenvalue weighted by Gasteiger charge is 2.32. The topological polar surface area (TPSA) is 163 Å². The van der Waals surface area contributed by atoms with E-state index >= 15 is 0 Å². The Balaban J connectivity index is 1.31. The molecule has 5 aromatic rings. The minimum atomic E-state index is -1.31. The Labute approximate surface area is 338 Å². The largest absolute Gasteiger partial charge is 0.484 e. The first-order valence-electron chi connectivity index (χ1n) is 19.6. The van der Waals surface area contributed by atoms with Crippen LogP contribution in [0.15, 0.2) is 140 Å². The lowest BCUT2D eigenvalue weighted by atomic mass is 9.98. The number of nitrogens with one attached hydrogen (secondary N) is 4. The molecule has 5 aromatic carbocycles. The van der Waals surface area contributed by atoms with E-state index in [0.29, 0.717) is 30.6 Å². The number of benzene rings is 5. The van der Waals surface area contributed by atoms with Crippen LogP contribution in [-0.2, 0) is 49.7 Å². The molecule has 4 atom stereocenters. The summed E-state index contributed by atoms with van der Waals surface area (Å²) < 4.78 is 5.73. The van der Waals surface area contributed by atoms with E-state index in [-0.39, 0.29) is 32.3 Å². The molecular formula is C47H48N4O7. The maximum Gasteiger partial charge on any atom is 0.326 e. The highest BCUT2D eigenvalue weighted by atomic mass is 16.5. The Morgan fingerprint density at radius 3 is 1.72 bits per heavy atom. The van der Waals surface area contributed by atoms with Gasteiger partial charge in [-0.15, -0.1) is 0 Å². The number of carboxylic acids is 1. The second kappa shape index (κ2) is 20.4. The van der Waals surface area contributed by atoms with Crippen molar-refractivity contribution in [3.8, 4) is 16.9 Å². The van der Waals surface area contributed by atoms with Crippen LogP contribution in [0.25, 0.3) is 11.1 Å². The van der Waals surface area contributed by atoms with Crippen molar-refractivity contribution in [2.24, 2.45) is 0 Å². The van der Waals surface area contributed by atoms with E-state index in [0.717, 1.165) is 27.8 Å². The Morgan fingerprint density at radius 1 is 0.552 bits per heavy atom. The molecule has 11 heteroatoms. The standard InChI is InChI=1S/C47H48N4O7/c52-43-31-58-38-26-21-35(22-27-38)30-42(47(56)57)51-45(54)40(28-23-33-13-6-2-7-14-33)49-46(55)41(29-34-19-24-37(25-20-34)36-16-8-3-9-17-36)50-44(53)39(48-43)18-10-15-32-11-4-1-5-12-32/h1-9,11-14,16-17,19-22,24-27,39-42H,10,15,18,23,28-31H2,(H,48,52)(H,49,55)(H,50,53)(H,51,54)(H,56,57). The lowest BCUT2D eigenvalue weighted by Gasteiger charge is -2.26. The molecule has 5 N–H and O–H groups in total. The average Bonchev–Trinajstić information content (AvgIpc) is 3.24. The predicted molar refractivity (Wildman–Crippen MR) is 221 cm³/mol. The van der Waals surface area contributed by atoms with Crippen LogP contribution >= 0.6 is 0 Å². The third kappa shape index (κ3) is 12.1. The van der Waals surface area contributed by atoms with Crippen LogP contribution in [0, 0.1) is 0 Å². The van der Waals surface area contributed by atoms with Crippen molar-refractivity contribution in [2.75, 3.05) is 6.61 Å². The van der Waals surface area contributed by atoms with Gasteiger partial charge in [0, 0.05) is 12.8 Å². The zero-order chi connectivity index (χ0) is 40.7. The maximum atomic E-state index is 14.4. The summed E-state index contributed by atoms with van der Waals surface area (Å²) in [6.07, 6.45) is 2.10. The molecule has 2 aliphatic rings. The molecule has 0 aliphatic carbocycles. The number of hydrogen-bond donors (Lipinski definition) is 5. The van der Waals surface area contributed by atoms with Crippen molar-refractivity contribution < 1.29 is 33.8 Å². The molecule has 0 aromatic heterocycles. The van der Waals surface area contributed by atoms with Gasteiger partial charge in [-0.25, -0.2) is 4.79 Å². The third-order valence-corrected chi connectivity index (χ3v) is 10.1. The predicted octanol–water partition coefficient (Wildman–Crippen LogP) is 5.21. The van der Waals surface area contributed by atoms with Gasteiger partial charge in [-0.3, -0.25) is 19.2 Å². The number of carbonyl (C=O) groups excluding carboxylic acids is 4. The molecule has 2 bridgehead atoms. The zero-order valence-electron chi connectivity index (χ0n) is 32.1. The monoisotopic (exact) mass is 780 g/mol. The highest BCUT2D eigenvalue weighted by molar-refractivity contribution is 5.95. The Morgan fingerprint density at radius 2 is 1.09 bits per heavy atom. The number of aliphatic carboxylic acids is 1. The van der Waals surface area contributed by atoms with E-state index < -0.39 is 53.8 Å². The Kier molecular flexibility index (Phi) is 14.4. The van der Waals surface area contributed by atoms with Gasteiger partial charge in [0.2, 0.25) is 17.7 Å². The van der Waals surface area contributed by atoms with Gasteiger partial charge in [-0.05, 0) is 77.6 Å². The summed E-state index contributed by atoms with van der Waals surface area (Å²) in [6.45, 7) is -0.379. The van der Waals surface area contributed by atoms with Gasteiger partial charge >= 0.3 is 5.97 Å². The summed E-state index contributed by atoms with van der Waals surface area (Å²) in [5.41, 5.74) is 5.36. The Hall–Kier alpha value is -6.75. The van der Waals surface area contributed by atoms with Gasteiger partial charge in [0.15, 0.2) is 6.61 Å². The number of rotatable bonds is 11. The summed E-state index contributed by atoms with van der Waals surface area (Å²) in [6, 6.07) is 38.7.